The minimum atomic E-state index is -1.98. The van der Waals surface area contributed by atoms with Crippen molar-refractivity contribution in [2.45, 2.75) is 45.2 Å². The Bertz CT molecular complexity index is 219. The third-order valence-electron chi connectivity index (χ3n) is 2.20. The van der Waals surface area contributed by atoms with E-state index in [9.17, 15) is 0 Å². The van der Waals surface area contributed by atoms with Crippen LogP contribution in [0.3, 0.4) is 0 Å². The second kappa shape index (κ2) is 4.63. The quantitative estimate of drug-likeness (QED) is 0.637. The lowest BCUT2D eigenvalue weighted by Crippen LogP contribution is -2.65. The second-order valence-electron chi connectivity index (χ2n) is 5.07. The van der Waals surface area contributed by atoms with Crippen LogP contribution in [0.5, 0.6) is 0 Å². The van der Waals surface area contributed by atoms with Crippen molar-refractivity contribution in [3.8, 4) is 0 Å². The van der Waals surface area contributed by atoms with Crippen molar-refractivity contribution in [3.05, 3.63) is 0 Å². The Labute approximate surface area is 102 Å². The van der Waals surface area contributed by atoms with Gasteiger partial charge in [-0.3, -0.25) is 0 Å². The van der Waals surface area contributed by atoms with Gasteiger partial charge in [-0.15, -0.1) is 0 Å². The van der Waals surface area contributed by atoms with E-state index in [0.29, 0.717) is 0 Å². The lowest BCUT2D eigenvalue weighted by atomic mass is 10.6. The van der Waals surface area contributed by atoms with Crippen LogP contribution in [0.1, 0.15) is 6.42 Å². The third-order valence-corrected chi connectivity index (χ3v) is 15.1. The normalized spacial score (nSPS) is 27.6. The van der Waals surface area contributed by atoms with Crippen LogP contribution in [-0.4, -0.2) is 31.4 Å². The zero-order valence-corrected chi connectivity index (χ0v) is 14.2. The molecule has 0 aromatic carbocycles. The lowest BCUT2D eigenvalue weighted by Gasteiger charge is -2.47. The van der Waals surface area contributed by atoms with Crippen LogP contribution in [0.4, 0.5) is 0 Å². The molecule has 1 aliphatic rings. The van der Waals surface area contributed by atoms with E-state index in [1.165, 1.54) is 0 Å². The molecule has 1 fully saturated rings. The van der Waals surface area contributed by atoms with Gasteiger partial charge in [0.15, 0.2) is 0 Å². The summed E-state index contributed by atoms with van der Waals surface area (Å²) < 4.78 is 18.3. The molecule has 1 aliphatic heterocycles. The van der Waals surface area contributed by atoms with E-state index >= 15 is 0 Å². The summed E-state index contributed by atoms with van der Waals surface area (Å²) >= 11 is 4.25. The molecular weight excluding hydrogens is 260 g/mol. The van der Waals surface area contributed by atoms with Crippen molar-refractivity contribution in [1.82, 2.24) is 0 Å². The highest BCUT2D eigenvalue weighted by molar-refractivity contribution is 7.80. The molecule has 90 valence electrons. The summed E-state index contributed by atoms with van der Waals surface area (Å²) in [6, 6.07) is 1.03. The fraction of sp³-hybridized carbons (Fsp3) is 1.00. The van der Waals surface area contributed by atoms with Gasteiger partial charge in [0.2, 0.25) is 0 Å². The molecule has 1 rings (SSSR count). The van der Waals surface area contributed by atoms with Crippen molar-refractivity contribution in [1.29, 1.82) is 0 Å². The maximum atomic E-state index is 6.13. The molecule has 0 unspecified atom stereocenters. The number of rotatable bonds is 3. The first-order valence-electron chi connectivity index (χ1n) is 5.39. The van der Waals surface area contributed by atoms with E-state index in [1.54, 1.807) is 0 Å². The predicted molar refractivity (Wildman–Crippen MR) is 73.1 cm³/mol. The molecule has 0 amide bonds. The minimum absolute atomic E-state index is 0.903. The zero-order chi connectivity index (χ0) is 11.7. The standard InChI is InChI=1S/C8H22O3SSi3/c1-13(2)9-14(3,4)11-15(5,10-13)8-6-7-12/h12H,6-8H2,1-5H3. The van der Waals surface area contributed by atoms with Gasteiger partial charge in [-0.1, -0.05) is 0 Å². The zero-order valence-electron chi connectivity index (χ0n) is 10.3. The Balaban J connectivity index is 2.73. The molecule has 0 aliphatic carbocycles. The molecular formula is C8H22O3SSi3. The number of hydrogen-bond donors (Lipinski definition) is 1. The molecule has 0 radical (unpaired) electrons. The van der Waals surface area contributed by atoms with Gasteiger partial charge < -0.3 is 12.3 Å². The monoisotopic (exact) mass is 282 g/mol. The van der Waals surface area contributed by atoms with Crippen molar-refractivity contribution in [2.75, 3.05) is 5.75 Å². The summed E-state index contributed by atoms with van der Waals surface area (Å²) in [4.78, 5) is 0. The Morgan fingerprint density at radius 3 is 1.73 bits per heavy atom. The highest BCUT2D eigenvalue weighted by Gasteiger charge is 2.52. The summed E-state index contributed by atoms with van der Waals surface area (Å²) in [5.74, 6) is 0.903. The third kappa shape index (κ3) is 4.33. The molecule has 0 N–H and O–H groups in total. The molecule has 0 aromatic rings. The topological polar surface area (TPSA) is 27.7 Å². The van der Waals surface area contributed by atoms with Crippen LogP contribution in [0.15, 0.2) is 0 Å². The van der Waals surface area contributed by atoms with Crippen molar-refractivity contribution in [3.63, 3.8) is 0 Å². The highest BCUT2D eigenvalue weighted by Crippen LogP contribution is 2.33. The van der Waals surface area contributed by atoms with Crippen molar-refractivity contribution < 1.29 is 12.3 Å². The van der Waals surface area contributed by atoms with Gasteiger partial charge in [0.05, 0.1) is 0 Å². The fourth-order valence-corrected chi connectivity index (χ4v) is 19.0. The van der Waals surface area contributed by atoms with Gasteiger partial charge in [0.25, 0.3) is 0 Å². The average Bonchev–Trinajstić information content (AvgIpc) is 1.93. The van der Waals surface area contributed by atoms with E-state index in [2.05, 4.69) is 45.4 Å². The first kappa shape index (κ1) is 13.9. The molecule has 7 heteroatoms. The van der Waals surface area contributed by atoms with E-state index in [4.69, 9.17) is 12.3 Å². The number of thiol groups is 1. The van der Waals surface area contributed by atoms with Crippen molar-refractivity contribution in [2.24, 2.45) is 0 Å². The van der Waals surface area contributed by atoms with Gasteiger partial charge in [-0.2, -0.15) is 12.6 Å². The first-order chi connectivity index (χ1) is 6.68. The van der Waals surface area contributed by atoms with Crippen LogP contribution >= 0.6 is 12.6 Å². The Kier molecular flexibility index (Phi) is 4.31. The van der Waals surface area contributed by atoms with Crippen LogP contribution in [-0.2, 0) is 12.3 Å². The molecule has 0 atom stereocenters. The van der Waals surface area contributed by atoms with Gasteiger partial charge in [-0.25, -0.2) is 0 Å². The highest BCUT2D eigenvalue weighted by atomic mass is 32.1. The molecule has 3 nitrogen and oxygen atoms in total. The van der Waals surface area contributed by atoms with Gasteiger partial charge in [-0.05, 0) is 51.0 Å². The number of hydrogen-bond acceptors (Lipinski definition) is 4. The van der Waals surface area contributed by atoms with Crippen LogP contribution in [0, 0.1) is 0 Å². The Morgan fingerprint density at radius 1 is 0.867 bits per heavy atom. The minimum Gasteiger partial charge on any atom is -0.416 e. The molecule has 0 saturated carbocycles. The lowest BCUT2D eigenvalue weighted by molar-refractivity contribution is 0.232. The smallest absolute Gasteiger partial charge is 0.317 e. The second-order valence-corrected chi connectivity index (χ2v) is 16.3. The molecule has 0 bridgehead atoms. The van der Waals surface area contributed by atoms with Crippen LogP contribution in [0.2, 0.25) is 38.8 Å². The summed E-state index contributed by atoms with van der Waals surface area (Å²) in [5, 5.41) is 0. The van der Waals surface area contributed by atoms with Gasteiger partial charge >= 0.3 is 25.7 Å². The average molecular weight is 283 g/mol. The van der Waals surface area contributed by atoms with Gasteiger partial charge in [0, 0.05) is 0 Å². The summed E-state index contributed by atoms with van der Waals surface area (Å²) in [5.41, 5.74) is 0. The van der Waals surface area contributed by atoms with E-state index in [0.717, 1.165) is 18.2 Å². The summed E-state index contributed by atoms with van der Waals surface area (Å²) in [7, 11) is -5.85. The Morgan fingerprint density at radius 2 is 1.33 bits per heavy atom. The molecule has 0 spiro atoms. The maximum Gasteiger partial charge on any atom is 0.317 e. The summed E-state index contributed by atoms with van der Waals surface area (Å²) in [6.07, 6.45) is 1.07. The first-order valence-corrected chi connectivity index (χ1v) is 14.2. The van der Waals surface area contributed by atoms with E-state index in [1.807, 2.05) is 0 Å². The SMILES string of the molecule is C[Si]1(C)O[Si](C)(C)O[Si](C)(CCCS)O1. The molecule has 0 aromatic heterocycles. The maximum absolute atomic E-state index is 6.13. The Hall–Kier alpha value is 0.881. The van der Waals surface area contributed by atoms with Crippen LogP contribution < -0.4 is 0 Å². The van der Waals surface area contributed by atoms with Crippen molar-refractivity contribution >= 4 is 38.3 Å². The summed E-state index contributed by atoms with van der Waals surface area (Å²) in [6.45, 7) is 10.7. The van der Waals surface area contributed by atoms with E-state index < -0.39 is 25.7 Å². The molecule has 1 saturated heterocycles. The van der Waals surface area contributed by atoms with Gasteiger partial charge in [0.1, 0.15) is 0 Å². The largest absolute Gasteiger partial charge is 0.416 e. The molecule has 1 heterocycles. The van der Waals surface area contributed by atoms with E-state index in [-0.39, 0.29) is 0 Å². The predicted octanol–water partition coefficient (Wildman–Crippen LogP) is 2.85. The van der Waals surface area contributed by atoms with Crippen LogP contribution in [0.25, 0.3) is 0 Å². The fourth-order valence-electron chi connectivity index (χ4n) is 2.20. The molecule has 15 heavy (non-hydrogen) atoms.